The molecule has 0 aliphatic heterocycles. The van der Waals surface area contributed by atoms with Crippen molar-refractivity contribution in [3.8, 4) is 5.75 Å². The number of hydrogen-bond donors (Lipinski definition) is 1. The van der Waals surface area contributed by atoms with Crippen molar-refractivity contribution in [2.45, 2.75) is 26.4 Å². The molecular formula is C13H17BrClNO. The molecule has 0 bridgehead atoms. The molecule has 0 aliphatic rings. The minimum Gasteiger partial charge on any atom is -0.488 e. The number of nitrogens with one attached hydrogen (secondary N) is 1. The van der Waals surface area contributed by atoms with Gasteiger partial charge >= 0.3 is 0 Å². The molecule has 1 N–H and O–H groups in total. The summed E-state index contributed by atoms with van der Waals surface area (Å²) in [5.41, 5.74) is 1.06. The number of hydrogen-bond acceptors (Lipinski definition) is 2. The lowest BCUT2D eigenvalue weighted by Gasteiger charge is -2.14. The zero-order valence-corrected chi connectivity index (χ0v) is 12.4. The van der Waals surface area contributed by atoms with Gasteiger partial charge in [-0.1, -0.05) is 48.0 Å². The quantitative estimate of drug-likeness (QED) is 0.851. The van der Waals surface area contributed by atoms with Crippen molar-refractivity contribution in [3.63, 3.8) is 0 Å². The minimum absolute atomic E-state index is 0.424. The van der Waals surface area contributed by atoms with Crippen LogP contribution >= 0.6 is 27.5 Å². The zero-order chi connectivity index (χ0) is 12.8. The van der Waals surface area contributed by atoms with E-state index in [2.05, 4.69) is 41.7 Å². The van der Waals surface area contributed by atoms with E-state index >= 15 is 0 Å². The van der Waals surface area contributed by atoms with Crippen molar-refractivity contribution in [1.82, 2.24) is 5.32 Å². The van der Waals surface area contributed by atoms with Crippen molar-refractivity contribution < 1.29 is 4.74 Å². The highest BCUT2D eigenvalue weighted by atomic mass is 79.9. The SMILES string of the molecule is C=C(Br)COc1ccc(Cl)cc1CNC(C)C. The van der Waals surface area contributed by atoms with Crippen LogP contribution in [-0.2, 0) is 6.54 Å². The van der Waals surface area contributed by atoms with Crippen LogP contribution in [0.4, 0.5) is 0 Å². The predicted octanol–water partition coefficient (Wildman–Crippen LogP) is 4.13. The van der Waals surface area contributed by atoms with Crippen LogP contribution in [0.2, 0.25) is 5.02 Å². The van der Waals surface area contributed by atoms with Gasteiger partial charge in [-0.2, -0.15) is 0 Å². The molecule has 0 spiro atoms. The van der Waals surface area contributed by atoms with Crippen molar-refractivity contribution in [3.05, 3.63) is 39.8 Å². The third-order valence-electron chi connectivity index (χ3n) is 2.11. The van der Waals surface area contributed by atoms with Gasteiger partial charge in [0.05, 0.1) is 0 Å². The van der Waals surface area contributed by atoms with Crippen LogP contribution in [0.1, 0.15) is 19.4 Å². The molecule has 0 saturated heterocycles. The Morgan fingerprint density at radius 1 is 1.53 bits per heavy atom. The largest absolute Gasteiger partial charge is 0.488 e. The van der Waals surface area contributed by atoms with Gasteiger partial charge in [0, 0.05) is 27.7 Å². The Bertz CT molecular complexity index is 393. The second kappa shape index (κ2) is 7.04. The van der Waals surface area contributed by atoms with Crippen molar-refractivity contribution in [2.24, 2.45) is 0 Å². The molecule has 2 nitrogen and oxygen atoms in total. The first kappa shape index (κ1) is 14.6. The maximum Gasteiger partial charge on any atom is 0.124 e. The van der Waals surface area contributed by atoms with Gasteiger partial charge in [0.2, 0.25) is 0 Å². The fourth-order valence-electron chi connectivity index (χ4n) is 1.30. The van der Waals surface area contributed by atoms with Gasteiger partial charge in [0.1, 0.15) is 12.4 Å². The molecule has 0 radical (unpaired) electrons. The van der Waals surface area contributed by atoms with E-state index in [-0.39, 0.29) is 0 Å². The Balaban J connectivity index is 2.76. The van der Waals surface area contributed by atoms with Crippen LogP contribution < -0.4 is 10.1 Å². The molecule has 0 unspecified atom stereocenters. The first-order valence-electron chi connectivity index (χ1n) is 5.47. The van der Waals surface area contributed by atoms with Gasteiger partial charge in [-0.15, -0.1) is 0 Å². The minimum atomic E-state index is 0.424. The van der Waals surface area contributed by atoms with Gasteiger partial charge in [-0.25, -0.2) is 0 Å². The van der Waals surface area contributed by atoms with Gasteiger partial charge in [-0.05, 0) is 18.2 Å². The van der Waals surface area contributed by atoms with E-state index in [4.69, 9.17) is 16.3 Å². The lowest BCUT2D eigenvalue weighted by molar-refractivity contribution is 0.355. The Morgan fingerprint density at radius 3 is 2.82 bits per heavy atom. The molecule has 0 amide bonds. The number of rotatable bonds is 6. The molecule has 0 saturated carbocycles. The zero-order valence-electron chi connectivity index (χ0n) is 10.1. The Morgan fingerprint density at radius 2 is 2.24 bits per heavy atom. The van der Waals surface area contributed by atoms with E-state index in [0.717, 1.165) is 27.4 Å². The maximum atomic E-state index is 5.98. The van der Waals surface area contributed by atoms with Crippen molar-refractivity contribution in [2.75, 3.05) is 6.61 Å². The first-order valence-corrected chi connectivity index (χ1v) is 6.64. The molecule has 0 aromatic heterocycles. The Hall–Kier alpha value is -0.510. The second-order valence-electron chi connectivity index (χ2n) is 4.09. The van der Waals surface area contributed by atoms with Gasteiger partial charge in [0.25, 0.3) is 0 Å². The summed E-state index contributed by atoms with van der Waals surface area (Å²) in [7, 11) is 0. The fourth-order valence-corrected chi connectivity index (χ4v) is 1.61. The molecule has 17 heavy (non-hydrogen) atoms. The van der Waals surface area contributed by atoms with Crippen LogP contribution in [0.15, 0.2) is 29.3 Å². The summed E-state index contributed by atoms with van der Waals surface area (Å²) in [5, 5.41) is 4.06. The predicted molar refractivity (Wildman–Crippen MR) is 77.0 cm³/mol. The summed E-state index contributed by atoms with van der Waals surface area (Å²) in [6, 6.07) is 6.05. The third kappa shape index (κ3) is 5.57. The van der Waals surface area contributed by atoms with Gasteiger partial charge in [-0.3, -0.25) is 0 Å². The number of benzene rings is 1. The summed E-state index contributed by atoms with van der Waals surface area (Å²) >= 11 is 9.26. The van der Waals surface area contributed by atoms with Crippen molar-refractivity contribution in [1.29, 1.82) is 0 Å². The van der Waals surface area contributed by atoms with Gasteiger partial charge < -0.3 is 10.1 Å². The number of ether oxygens (including phenoxy) is 1. The molecule has 0 fully saturated rings. The average Bonchev–Trinajstić information content (AvgIpc) is 2.24. The molecule has 1 aromatic rings. The molecule has 0 aliphatic carbocycles. The van der Waals surface area contributed by atoms with Crippen molar-refractivity contribution >= 4 is 27.5 Å². The summed E-state index contributed by atoms with van der Waals surface area (Å²) in [6.07, 6.45) is 0. The molecule has 0 atom stereocenters. The summed E-state index contributed by atoms with van der Waals surface area (Å²) in [5.74, 6) is 0.836. The lowest BCUT2D eigenvalue weighted by Crippen LogP contribution is -2.22. The molecule has 1 rings (SSSR count). The van der Waals surface area contributed by atoms with Crippen LogP contribution in [-0.4, -0.2) is 12.6 Å². The highest BCUT2D eigenvalue weighted by molar-refractivity contribution is 9.11. The molecule has 4 heteroatoms. The molecule has 94 valence electrons. The van der Waals surface area contributed by atoms with E-state index in [9.17, 15) is 0 Å². The van der Waals surface area contributed by atoms with Crippen LogP contribution in [0.5, 0.6) is 5.75 Å². The molecular weight excluding hydrogens is 302 g/mol. The topological polar surface area (TPSA) is 21.3 Å². The second-order valence-corrected chi connectivity index (χ2v) is 5.65. The average molecular weight is 319 g/mol. The van der Waals surface area contributed by atoms with E-state index in [1.807, 2.05) is 18.2 Å². The smallest absolute Gasteiger partial charge is 0.124 e. The monoisotopic (exact) mass is 317 g/mol. The molecule has 1 aromatic carbocycles. The summed E-state index contributed by atoms with van der Waals surface area (Å²) < 4.78 is 6.46. The first-order chi connectivity index (χ1) is 7.99. The lowest BCUT2D eigenvalue weighted by atomic mass is 10.2. The van der Waals surface area contributed by atoms with E-state index < -0.39 is 0 Å². The van der Waals surface area contributed by atoms with E-state index in [1.54, 1.807) is 0 Å². The normalized spacial score (nSPS) is 10.6. The number of halogens is 2. The van der Waals surface area contributed by atoms with Crippen LogP contribution in [0.3, 0.4) is 0 Å². The fraction of sp³-hybridized carbons (Fsp3) is 0.385. The summed E-state index contributed by atoms with van der Waals surface area (Å²) in [6.45, 7) is 9.14. The Labute approximate surface area is 116 Å². The standard InChI is InChI=1S/C13H17BrClNO/c1-9(2)16-7-11-6-12(15)4-5-13(11)17-8-10(3)14/h4-6,9,16H,3,7-8H2,1-2H3. The highest BCUT2D eigenvalue weighted by Crippen LogP contribution is 2.23. The Kier molecular flexibility index (Phi) is 6.03. The third-order valence-corrected chi connectivity index (χ3v) is 2.57. The van der Waals surface area contributed by atoms with E-state index in [0.29, 0.717) is 12.6 Å². The highest BCUT2D eigenvalue weighted by Gasteiger charge is 2.06. The van der Waals surface area contributed by atoms with E-state index in [1.165, 1.54) is 0 Å². The van der Waals surface area contributed by atoms with Gasteiger partial charge in [0.15, 0.2) is 0 Å². The van der Waals surface area contributed by atoms with Crippen LogP contribution in [0, 0.1) is 0 Å². The van der Waals surface area contributed by atoms with Crippen LogP contribution in [0.25, 0.3) is 0 Å². The maximum absolute atomic E-state index is 5.98. The summed E-state index contributed by atoms with van der Waals surface area (Å²) in [4.78, 5) is 0. The molecule has 0 heterocycles.